The molecule has 2 amide bonds. The molecule has 0 heterocycles. The first kappa shape index (κ1) is 31.2. The van der Waals surface area contributed by atoms with Crippen LogP contribution in [0.25, 0.3) is 0 Å². The number of nitrogens with zero attached hydrogens (tertiary/aromatic N) is 2. The minimum absolute atomic E-state index is 0.00962. The van der Waals surface area contributed by atoms with Gasteiger partial charge in [0, 0.05) is 17.6 Å². The van der Waals surface area contributed by atoms with Crippen LogP contribution in [-0.2, 0) is 26.2 Å². The first-order chi connectivity index (χ1) is 19.5. The number of rotatable bonds is 10. The van der Waals surface area contributed by atoms with Gasteiger partial charge in [0.05, 0.1) is 20.6 Å². The molecule has 1 aliphatic carbocycles. The van der Waals surface area contributed by atoms with Gasteiger partial charge in [-0.15, -0.1) is 0 Å². The zero-order valence-electron chi connectivity index (χ0n) is 22.8. The third kappa shape index (κ3) is 7.74. The van der Waals surface area contributed by atoms with Crippen molar-refractivity contribution in [2.45, 2.75) is 63.1 Å². The van der Waals surface area contributed by atoms with E-state index < -0.39 is 28.5 Å². The van der Waals surface area contributed by atoms with Gasteiger partial charge in [0.1, 0.15) is 12.6 Å². The first-order valence-corrected chi connectivity index (χ1v) is 15.9. The zero-order chi connectivity index (χ0) is 29.7. The minimum atomic E-state index is -4.21. The summed E-state index contributed by atoms with van der Waals surface area (Å²) in [4.78, 5) is 28.7. The van der Waals surface area contributed by atoms with Crippen molar-refractivity contribution >= 4 is 62.3 Å². The lowest BCUT2D eigenvalue weighted by molar-refractivity contribution is -0.139. The number of sulfonamides is 1. The topological polar surface area (TPSA) is 86.8 Å². The fraction of sp³-hybridized carbons (Fsp3) is 0.333. The predicted molar refractivity (Wildman–Crippen MR) is 164 cm³/mol. The van der Waals surface area contributed by atoms with Gasteiger partial charge in [-0.25, -0.2) is 8.42 Å². The van der Waals surface area contributed by atoms with Crippen LogP contribution in [0.15, 0.2) is 71.6 Å². The Balaban J connectivity index is 1.70. The third-order valence-electron chi connectivity index (χ3n) is 7.19. The molecule has 7 nitrogen and oxygen atoms in total. The molecule has 3 aromatic carbocycles. The van der Waals surface area contributed by atoms with Gasteiger partial charge in [0.15, 0.2) is 0 Å². The summed E-state index contributed by atoms with van der Waals surface area (Å²) in [6.45, 7) is 2.97. The van der Waals surface area contributed by atoms with E-state index in [9.17, 15) is 18.0 Å². The summed E-state index contributed by atoms with van der Waals surface area (Å²) >= 11 is 18.6. The van der Waals surface area contributed by atoms with E-state index in [2.05, 4.69) is 5.32 Å². The molecular formula is C30H32Cl3N3O4S. The van der Waals surface area contributed by atoms with Gasteiger partial charge < -0.3 is 10.2 Å². The van der Waals surface area contributed by atoms with Crippen molar-refractivity contribution in [1.29, 1.82) is 0 Å². The predicted octanol–water partition coefficient (Wildman–Crippen LogP) is 6.63. The Labute approximate surface area is 256 Å². The summed E-state index contributed by atoms with van der Waals surface area (Å²) in [5, 5.41) is 3.92. The number of hydrogen-bond donors (Lipinski definition) is 1. The molecule has 0 spiro atoms. The second kappa shape index (κ2) is 13.5. The van der Waals surface area contributed by atoms with Gasteiger partial charge in [-0.3, -0.25) is 13.9 Å². The molecule has 218 valence electrons. The number of carbonyl (C=O) groups excluding carboxylic acids is 2. The largest absolute Gasteiger partial charge is 0.352 e. The standard InChI is InChI=1S/C30H32Cl3N3O4S/c1-20-10-13-26(14-11-20)41(39,40)36(25-12-15-27(32)28(33)17-25)19-29(37)35(18-22-6-5-7-23(31)16-22)21(2)30(38)34-24-8-3-4-9-24/h5-7,10-17,21,24H,3-4,8-9,18-19H2,1-2H3,(H,34,38)/t21-/m0/s1. The maximum atomic E-state index is 14.0. The molecule has 11 heteroatoms. The normalized spacial score (nSPS) is 14.5. The van der Waals surface area contributed by atoms with Crippen molar-refractivity contribution in [2.75, 3.05) is 10.8 Å². The number of hydrogen-bond acceptors (Lipinski definition) is 4. The number of benzene rings is 3. The lowest BCUT2D eigenvalue weighted by atomic mass is 10.1. The molecule has 0 unspecified atom stereocenters. The molecule has 3 aromatic rings. The van der Waals surface area contributed by atoms with Gasteiger partial charge >= 0.3 is 0 Å². The number of carbonyl (C=O) groups is 2. The molecule has 0 saturated heterocycles. The fourth-order valence-corrected chi connectivity index (χ4v) is 6.72. The molecule has 1 saturated carbocycles. The van der Waals surface area contributed by atoms with Gasteiger partial charge in [-0.05, 0) is 74.7 Å². The maximum absolute atomic E-state index is 14.0. The quantitative estimate of drug-likeness (QED) is 0.271. The molecule has 1 N–H and O–H groups in total. The Hall–Kier alpha value is -2.78. The van der Waals surface area contributed by atoms with E-state index in [4.69, 9.17) is 34.8 Å². The second-order valence-corrected chi connectivity index (χ2v) is 13.4. The van der Waals surface area contributed by atoms with E-state index in [1.54, 1.807) is 43.3 Å². The molecule has 0 bridgehead atoms. The van der Waals surface area contributed by atoms with E-state index >= 15 is 0 Å². The van der Waals surface area contributed by atoms with Crippen LogP contribution in [0.3, 0.4) is 0 Å². The van der Waals surface area contributed by atoms with E-state index in [0.717, 1.165) is 35.6 Å². The van der Waals surface area contributed by atoms with Crippen LogP contribution < -0.4 is 9.62 Å². The lowest BCUT2D eigenvalue weighted by Crippen LogP contribution is -2.52. The minimum Gasteiger partial charge on any atom is -0.352 e. The average Bonchev–Trinajstić information content (AvgIpc) is 3.44. The zero-order valence-corrected chi connectivity index (χ0v) is 25.9. The van der Waals surface area contributed by atoms with Crippen molar-refractivity contribution in [3.8, 4) is 0 Å². The number of amides is 2. The van der Waals surface area contributed by atoms with Crippen molar-refractivity contribution in [2.24, 2.45) is 0 Å². The Morgan fingerprint density at radius 2 is 1.63 bits per heavy atom. The van der Waals surface area contributed by atoms with Crippen LogP contribution in [0.5, 0.6) is 0 Å². The number of aryl methyl sites for hydroxylation is 1. The first-order valence-electron chi connectivity index (χ1n) is 13.3. The van der Waals surface area contributed by atoms with E-state index in [1.165, 1.54) is 35.2 Å². The molecule has 41 heavy (non-hydrogen) atoms. The summed E-state index contributed by atoms with van der Waals surface area (Å²) < 4.78 is 28.8. The Kier molecular flexibility index (Phi) is 10.2. The van der Waals surface area contributed by atoms with Crippen LogP contribution in [0.1, 0.15) is 43.7 Å². The Morgan fingerprint density at radius 3 is 2.27 bits per heavy atom. The van der Waals surface area contributed by atoms with Crippen LogP contribution in [0.4, 0.5) is 5.69 Å². The molecule has 0 aliphatic heterocycles. The average molecular weight is 637 g/mol. The Morgan fingerprint density at radius 1 is 0.951 bits per heavy atom. The van der Waals surface area contributed by atoms with Gasteiger partial charge in [-0.2, -0.15) is 0 Å². The summed E-state index contributed by atoms with van der Waals surface area (Å²) in [5.41, 5.74) is 1.75. The van der Waals surface area contributed by atoms with Crippen LogP contribution >= 0.6 is 34.8 Å². The highest BCUT2D eigenvalue weighted by molar-refractivity contribution is 7.92. The van der Waals surface area contributed by atoms with E-state index in [1.807, 2.05) is 6.92 Å². The molecule has 0 radical (unpaired) electrons. The lowest BCUT2D eigenvalue weighted by Gasteiger charge is -2.32. The van der Waals surface area contributed by atoms with Crippen molar-refractivity contribution < 1.29 is 18.0 Å². The smallest absolute Gasteiger partial charge is 0.264 e. The molecule has 1 fully saturated rings. The molecule has 4 rings (SSSR count). The number of nitrogens with one attached hydrogen (secondary N) is 1. The molecular weight excluding hydrogens is 605 g/mol. The third-order valence-corrected chi connectivity index (χ3v) is 9.95. The van der Waals surface area contributed by atoms with Crippen molar-refractivity contribution in [3.63, 3.8) is 0 Å². The summed E-state index contributed by atoms with van der Waals surface area (Å²) in [5.74, 6) is -0.865. The molecule has 1 aliphatic rings. The Bertz CT molecular complexity index is 1510. The van der Waals surface area contributed by atoms with Gasteiger partial charge in [0.25, 0.3) is 10.0 Å². The number of halogens is 3. The van der Waals surface area contributed by atoms with Crippen LogP contribution in [0.2, 0.25) is 15.1 Å². The second-order valence-electron chi connectivity index (χ2n) is 10.2. The van der Waals surface area contributed by atoms with Crippen molar-refractivity contribution in [3.05, 3.63) is 92.9 Å². The van der Waals surface area contributed by atoms with Crippen molar-refractivity contribution in [1.82, 2.24) is 10.2 Å². The monoisotopic (exact) mass is 635 g/mol. The van der Waals surface area contributed by atoms with Gasteiger partial charge in [-0.1, -0.05) is 77.5 Å². The maximum Gasteiger partial charge on any atom is 0.264 e. The summed E-state index contributed by atoms with van der Waals surface area (Å²) in [6.07, 6.45) is 3.86. The molecule has 1 atom stereocenters. The van der Waals surface area contributed by atoms with Crippen LogP contribution in [-0.4, -0.2) is 43.8 Å². The highest BCUT2D eigenvalue weighted by Crippen LogP contribution is 2.31. The fourth-order valence-electron chi connectivity index (χ4n) is 4.81. The van der Waals surface area contributed by atoms with E-state index in [-0.39, 0.29) is 39.1 Å². The highest BCUT2D eigenvalue weighted by atomic mass is 35.5. The SMILES string of the molecule is Cc1ccc(S(=O)(=O)N(CC(=O)N(Cc2cccc(Cl)c2)[C@@H](C)C(=O)NC2CCCC2)c2ccc(Cl)c(Cl)c2)cc1. The van der Waals surface area contributed by atoms with Crippen LogP contribution in [0, 0.1) is 6.92 Å². The highest BCUT2D eigenvalue weighted by Gasteiger charge is 2.33. The summed E-state index contributed by atoms with van der Waals surface area (Å²) in [6, 6.07) is 16.9. The van der Waals surface area contributed by atoms with Gasteiger partial charge in [0.2, 0.25) is 11.8 Å². The van der Waals surface area contributed by atoms with E-state index in [0.29, 0.717) is 10.6 Å². The number of anilines is 1. The molecule has 0 aromatic heterocycles. The summed E-state index contributed by atoms with van der Waals surface area (Å²) in [7, 11) is -4.21.